The van der Waals surface area contributed by atoms with Gasteiger partial charge in [0, 0.05) is 11.7 Å². The summed E-state index contributed by atoms with van der Waals surface area (Å²) in [4.78, 5) is 0. The van der Waals surface area contributed by atoms with E-state index in [4.69, 9.17) is 11.6 Å². The summed E-state index contributed by atoms with van der Waals surface area (Å²) in [5.74, 6) is 0. The van der Waals surface area contributed by atoms with Gasteiger partial charge in [-0.3, -0.25) is 0 Å². The molecule has 100 valence electrons. The lowest BCUT2D eigenvalue weighted by atomic mass is 10.1. The van der Waals surface area contributed by atoms with Gasteiger partial charge in [-0.15, -0.1) is 6.58 Å². The third-order valence-corrected chi connectivity index (χ3v) is 2.82. The van der Waals surface area contributed by atoms with Crippen LogP contribution in [0.15, 0.2) is 30.9 Å². The maximum absolute atomic E-state index is 12.6. The summed E-state index contributed by atoms with van der Waals surface area (Å²) >= 11 is 5.54. The Morgan fingerprint density at radius 3 is 2.67 bits per heavy atom. The van der Waals surface area contributed by atoms with E-state index in [1.165, 1.54) is 6.07 Å². The van der Waals surface area contributed by atoms with Crippen LogP contribution in [0.25, 0.3) is 0 Å². The van der Waals surface area contributed by atoms with Crippen LogP contribution in [-0.4, -0.2) is 6.04 Å². The SMILES string of the molecule is C=CCCC(C)Nc1ccc(Cl)c(C(F)(F)F)c1. The van der Waals surface area contributed by atoms with Gasteiger partial charge < -0.3 is 5.32 Å². The molecule has 5 heteroatoms. The molecule has 0 saturated heterocycles. The Morgan fingerprint density at radius 1 is 1.44 bits per heavy atom. The summed E-state index contributed by atoms with van der Waals surface area (Å²) in [7, 11) is 0. The predicted molar refractivity (Wildman–Crippen MR) is 69.0 cm³/mol. The molecule has 1 aromatic carbocycles. The van der Waals surface area contributed by atoms with E-state index < -0.39 is 11.7 Å². The fourth-order valence-corrected chi connectivity index (χ4v) is 1.78. The van der Waals surface area contributed by atoms with Crippen LogP contribution in [0.1, 0.15) is 25.3 Å². The van der Waals surface area contributed by atoms with Crippen LogP contribution in [0.5, 0.6) is 0 Å². The number of benzene rings is 1. The van der Waals surface area contributed by atoms with Crippen LogP contribution in [0.3, 0.4) is 0 Å². The fourth-order valence-electron chi connectivity index (χ4n) is 1.56. The number of allylic oxidation sites excluding steroid dienone is 1. The van der Waals surface area contributed by atoms with Gasteiger partial charge in [-0.1, -0.05) is 17.7 Å². The molecule has 0 spiro atoms. The lowest BCUT2D eigenvalue weighted by Crippen LogP contribution is -2.15. The van der Waals surface area contributed by atoms with Gasteiger partial charge in [0.1, 0.15) is 0 Å². The van der Waals surface area contributed by atoms with Crippen molar-refractivity contribution in [2.75, 3.05) is 5.32 Å². The smallest absolute Gasteiger partial charge is 0.383 e. The van der Waals surface area contributed by atoms with E-state index in [1.807, 2.05) is 6.92 Å². The van der Waals surface area contributed by atoms with Gasteiger partial charge in [-0.05, 0) is 38.0 Å². The number of halogens is 4. The lowest BCUT2D eigenvalue weighted by molar-refractivity contribution is -0.137. The van der Waals surface area contributed by atoms with E-state index in [2.05, 4.69) is 11.9 Å². The molecule has 0 bridgehead atoms. The third-order valence-electron chi connectivity index (χ3n) is 2.49. The van der Waals surface area contributed by atoms with Gasteiger partial charge >= 0.3 is 6.18 Å². The molecule has 18 heavy (non-hydrogen) atoms. The molecular formula is C13H15ClF3N. The van der Waals surface area contributed by atoms with Crippen molar-refractivity contribution in [3.8, 4) is 0 Å². The van der Waals surface area contributed by atoms with Gasteiger partial charge in [0.15, 0.2) is 0 Å². The van der Waals surface area contributed by atoms with Crippen molar-refractivity contribution >= 4 is 17.3 Å². The Balaban J connectivity index is 2.82. The first-order valence-corrected chi connectivity index (χ1v) is 5.96. The van der Waals surface area contributed by atoms with Gasteiger partial charge in [-0.25, -0.2) is 0 Å². The zero-order valence-corrected chi connectivity index (χ0v) is 10.8. The van der Waals surface area contributed by atoms with Crippen molar-refractivity contribution in [3.05, 3.63) is 41.4 Å². The van der Waals surface area contributed by atoms with E-state index >= 15 is 0 Å². The average Bonchev–Trinajstić information content (AvgIpc) is 2.27. The molecule has 0 heterocycles. The second kappa shape index (κ2) is 6.14. The molecule has 0 aliphatic heterocycles. The average molecular weight is 278 g/mol. The van der Waals surface area contributed by atoms with Crippen LogP contribution >= 0.6 is 11.6 Å². The molecule has 0 saturated carbocycles. The molecule has 0 amide bonds. The van der Waals surface area contributed by atoms with Crippen molar-refractivity contribution in [2.24, 2.45) is 0 Å². The highest BCUT2D eigenvalue weighted by molar-refractivity contribution is 6.31. The molecule has 0 aliphatic rings. The van der Waals surface area contributed by atoms with Gasteiger partial charge in [0.05, 0.1) is 10.6 Å². The Morgan fingerprint density at radius 2 is 2.11 bits per heavy atom. The summed E-state index contributed by atoms with van der Waals surface area (Å²) in [6.45, 7) is 5.51. The largest absolute Gasteiger partial charge is 0.417 e. The number of hydrogen-bond acceptors (Lipinski definition) is 1. The minimum absolute atomic E-state index is 0.0743. The summed E-state index contributed by atoms with van der Waals surface area (Å²) in [6.07, 6.45) is -1.03. The zero-order valence-electron chi connectivity index (χ0n) is 10.0. The van der Waals surface area contributed by atoms with Crippen LogP contribution < -0.4 is 5.32 Å². The number of nitrogens with one attached hydrogen (secondary N) is 1. The lowest BCUT2D eigenvalue weighted by Gasteiger charge is -2.16. The molecular weight excluding hydrogens is 263 g/mol. The van der Waals surface area contributed by atoms with E-state index in [9.17, 15) is 13.2 Å². The first-order chi connectivity index (χ1) is 8.34. The highest BCUT2D eigenvalue weighted by Gasteiger charge is 2.33. The Labute approximate surface area is 110 Å². The first kappa shape index (κ1) is 14.9. The van der Waals surface area contributed by atoms with E-state index in [0.29, 0.717) is 5.69 Å². The molecule has 1 N–H and O–H groups in total. The number of anilines is 1. The highest BCUT2D eigenvalue weighted by atomic mass is 35.5. The van der Waals surface area contributed by atoms with Crippen molar-refractivity contribution in [1.82, 2.24) is 0 Å². The molecule has 1 unspecified atom stereocenters. The van der Waals surface area contributed by atoms with E-state index in [0.717, 1.165) is 18.9 Å². The normalized spacial score (nSPS) is 13.2. The van der Waals surface area contributed by atoms with Crippen molar-refractivity contribution in [2.45, 2.75) is 32.0 Å². The van der Waals surface area contributed by atoms with Gasteiger partial charge in [0.25, 0.3) is 0 Å². The molecule has 1 rings (SSSR count). The standard InChI is InChI=1S/C13H15ClF3N/c1-3-4-5-9(2)18-10-6-7-12(14)11(8-10)13(15,16)17/h3,6-9,18H,1,4-5H2,2H3. The summed E-state index contributed by atoms with van der Waals surface area (Å²) in [5, 5.41) is 2.72. The molecule has 0 aliphatic carbocycles. The molecule has 1 aromatic rings. The second-order valence-corrected chi connectivity index (χ2v) is 4.51. The molecule has 1 atom stereocenters. The first-order valence-electron chi connectivity index (χ1n) is 5.58. The Bertz CT molecular complexity index is 415. The zero-order chi connectivity index (χ0) is 13.8. The third kappa shape index (κ3) is 4.26. The quantitative estimate of drug-likeness (QED) is 0.736. The van der Waals surface area contributed by atoms with Gasteiger partial charge in [0.2, 0.25) is 0 Å². The monoisotopic (exact) mass is 277 g/mol. The van der Waals surface area contributed by atoms with Crippen molar-refractivity contribution < 1.29 is 13.2 Å². The second-order valence-electron chi connectivity index (χ2n) is 4.10. The number of alkyl halides is 3. The summed E-state index contributed by atoms with van der Waals surface area (Å²) in [5.41, 5.74) is -0.395. The summed E-state index contributed by atoms with van der Waals surface area (Å²) < 4.78 is 37.9. The Kier molecular flexibility index (Phi) is 5.08. The van der Waals surface area contributed by atoms with Crippen molar-refractivity contribution in [1.29, 1.82) is 0 Å². The predicted octanol–water partition coefficient (Wildman–Crippen LogP) is 5.13. The van der Waals surface area contributed by atoms with E-state index in [-0.39, 0.29) is 11.1 Å². The minimum Gasteiger partial charge on any atom is -0.383 e. The Hall–Kier alpha value is -1.16. The fraction of sp³-hybridized carbons (Fsp3) is 0.385. The van der Waals surface area contributed by atoms with Crippen LogP contribution in [0, 0.1) is 0 Å². The van der Waals surface area contributed by atoms with Crippen LogP contribution in [0.2, 0.25) is 5.02 Å². The number of hydrogen-bond donors (Lipinski definition) is 1. The maximum Gasteiger partial charge on any atom is 0.417 e. The highest BCUT2D eigenvalue weighted by Crippen LogP contribution is 2.36. The minimum atomic E-state index is -4.43. The van der Waals surface area contributed by atoms with E-state index in [1.54, 1.807) is 12.1 Å². The van der Waals surface area contributed by atoms with Crippen molar-refractivity contribution in [3.63, 3.8) is 0 Å². The van der Waals surface area contributed by atoms with Crippen LogP contribution in [0.4, 0.5) is 18.9 Å². The molecule has 1 nitrogen and oxygen atoms in total. The molecule has 0 radical (unpaired) electrons. The topological polar surface area (TPSA) is 12.0 Å². The number of rotatable bonds is 5. The molecule has 0 aromatic heterocycles. The maximum atomic E-state index is 12.6. The van der Waals surface area contributed by atoms with Crippen LogP contribution in [-0.2, 0) is 6.18 Å². The molecule has 0 fully saturated rings. The van der Waals surface area contributed by atoms with Gasteiger partial charge in [-0.2, -0.15) is 13.2 Å². The summed E-state index contributed by atoms with van der Waals surface area (Å²) in [6, 6.07) is 3.91.